The Morgan fingerprint density at radius 3 is 2.81 bits per heavy atom. The Hall–Kier alpha value is -1.79. The molecule has 6 heteroatoms. The van der Waals surface area contributed by atoms with E-state index in [2.05, 4.69) is 10.3 Å². The molecule has 0 saturated carbocycles. The highest BCUT2D eigenvalue weighted by molar-refractivity contribution is 5.80. The van der Waals surface area contributed by atoms with Crippen LogP contribution in [0, 0.1) is 0 Å². The van der Waals surface area contributed by atoms with Crippen LogP contribution in [0.1, 0.15) is 18.2 Å². The molecule has 0 amide bonds. The zero-order valence-electron chi connectivity index (χ0n) is 12.0. The van der Waals surface area contributed by atoms with E-state index < -0.39 is 0 Å². The molecule has 1 saturated heterocycles. The van der Waals surface area contributed by atoms with Crippen molar-refractivity contribution in [3.8, 4) is 11.5 Å². The molecule has 4 rings (SSSR count). The summed E-state index contributed by atoms with van der Waals surface area (Å²) < 4.78 is 17.0. The molecule has 0 aliphatic carbocycles. The number of hydrogen-bond acceptors (Lipinski definition) is 5. The fourth-order valence-corrected chi connectivity index (χ4v) is 2.97. The molecule has 2 N–H and O–H groups in total. The number of hydrogen-bond donors (Lipinski definition) is 2. The number of ether oxygens (including phenoxy) is 3. The summed E-state index contributed by atoms with van der Waals surface area (Å²) in [7, 11) is 1.96. The van der Waals surface area contributed by atoms with Crippen molar-refractivity contribution in [3.05, 3.63) is 18.0 Å². The molecule has 3 heterocycles. The van der Waals surface area contributed by atoms with Crippen molar-refractivity contribution >= 4 is 11.0 Å². The fourth-order valence-electron chi connectivity index (χ4n) is 2.97. The van der Waals surface area contributed by atoms with E-state index in [9.17, 15) is 0 Å². The number of nitrogens with one attached hydrogen (secondary N) is 2. The third-order valence-electron chi connectivity index (χ3n) is 4.17. The van der Waals surface area contributed by atoms with Gasteiger partial charge in [-0.1, -0.05) is 0 Å². The van der Waals surface area contributed by atoms with Crippen molar-refractivity contribution < 1.29 is 14.2 Å². The Morgan fingerprint density at radius 2 is 2.00 bits per heavy atom. The summed E-state index contributed by atoms with van der Waals surface area (Å²) in [6.07, 6.45) is 0.907. The quantitative estimate of drug-likeness (QED) is 0.875. The molecular weight excluding hydrogens is 270 g/mol. The van der Waals surface area contributed by atoms with E-state index in [1.807, 2.05) is 19.2 Å². The molecule has 0 bridgehead atoms. The monoisotopic (exact) mass is 289 g/mol. The van der Waals surface area contributed by atoms with Crippen LogP contribution in [0.2, 0.25) is 0 Å². The molecule has 1 aromatic heterocycles. The molecule has 0 radical (unpaired) electrons. The van der Waals surface area contributed by atoms with Gasteiger partial charge in [0.25, 0.3) is 0 Å². The van der Waals surface area contributed by atoms with E-state index in [4.69, 9.17) is 19.2 Å². The number of rotatable bonds is 2. The molecule has 1 aromatic carbocycles. The van der Waals surface area contributed by atoms with Crippen molar-refractivity contribution in [2.75, 3.05) is 33.5 Å². The highest BCUT2D eigenvalue weighted by atomic mass is 16.5. The number of imidazole rings is 1. The van der Waals surface area contributed by atoms with Crippen molar-refractivity contribution in [1.29, 1.82) is 0 Å². The van der Waals surface area contributed by atoms with Crippen LogP contribution < -0.4 is 14.8 Å². The standard InChI is InChI=1S/C15H19N3O3/c1-16-12-8-19-7-9(12)15-17-10-5-13-14(6-11(10)18-15)21-4-2-3-20-13/h5-6,9,12,16H,2-4,7-8H2,1H3,(H,17,18). The largest absolute Gasteiger partial charge is 0.489 e. The summed E-state index contributed by atoms with van der Waals surface area (Å²) >= 11 is 0. The predicted molar refractivity (Wildman–Crippen MR) is 78.1 cm³/mol. The van der Waals surface area contributed by atoms with Crippen LogP contribution in [0.4, 0.5) is 0 Å². The SMILES string of the molecule is CNC1COCC1c1nc2cc3c(cc2[nH]1)OCCCO3. The highest BCUT2D eigenvalue weighted by Gasteiger charge is 2.31. The maximum absolute atomic E-state index is 5.72. The summed E-state index contributed by atoms with van der Waals surface area (Å²) in [6.45, 7) is 2.80. The van der Waals surface area contributed by atoms with E-state index in [0.29, 0.717) is 25.9 Å². The van der Waals surface area contributed by atoms with E-state index in [0.717, 1.165) is 41.4 Å². The van der Waals surface area contributed by atoms with E-state index in [1.165, 1.54) is 0 Å². The van der Waals surface area contributed by atoms with Crippen LogP contribution in [0.3, 0.4) is 0 Å². The predicted octanol–water partition coefficient (Wildman–Crippen LogP) is 1.43. The number of aromatic nitrogens is 2. The van der Waals surface area contributed by atoms with Gasteiger partial charge in [0, 0.05) is 24.6 Å². The maximum atomic E-state index is 5.72. The van der Waals surface area contributed by atoms with Gasteiger partial charge in [0.2, 0.25) is 0 Å². The fraction of sp³-hybridized carbons (Fsp3) is 0.533. The first-order valence-corrected chi connectivity index (χ1v) is 7.39. The van der Waals surface area contributed by atoms with Gasteiger partial charge in [-0.3, -0.25) is 0 Å². The lowest BCUT2D eigenvalue weighted by atomic mass is 10.0. The van der Waals surface area contributed by atoms with Crippen molar-refractivity contribution in [2.45, 2.75) is 18.4 Å². The Balaban J connectivity index is 1.73. The molecule has 2 aliphatic rings. The Kier molecular flexibility index (Phi) is 3.20. The average Bonchev–Trinajstić information content (AvgIpc) is 3.05. The Bertz CT molecular complexity index is 612. The maximum Gasteiger partial charge on any atom is 0.163 e. The summed E-state index contributed by atoms with van der Waals surface area (Å²) in [6, 6.07) is 4.24. The molecule has 2 unspecified atom stereocenters. The molecule has 6 nitrogen and oxygen atoms in total. The molecule has 1 fully saturated rings. The molecule has 2 aliphatic heterocycles. The van der Waals surface area contributed by atoms with Gasteiger partial charge in [-0.15, -0.1) is 0 Å². The van der Waals surface area contributed by atoms with Crippen LogP contribution in [0.25, 0.3) is 11.0 Å². The lowest BCUT2D eigenvalue weighted by Gasteiger charge is -2.13. The summed E-state index contributed by atoms with van der Waals surface area (Å²) in [4.78, 5) is 8.13. The van der Waals surface area contributed by atoms with Gasteiger partial charge < -0.3 is 24.5 Å². The minimum absolute atomic E-state index is 0.254. The summed E-state index contributed by atoms with van der Waals surface area (Å²) in [5.74, 6) is 2.79. The smallest absolute Gasteiger partial charge is 0.163 e. The van der Waals surface area contributed by atoms with E-state index >= 15 is 0 Å². The number of aromatic amines is 1. The highest BCUT2D eigenvalue weighted by Crippen LogP contribution is 2.34. The summed E-state index contributed by atoms with van der Waals surface area (Å²) in [5, 5.41) is 3.29. The number of benzene rings is 1. The zero-order valence-corrected chi connectivity index (χ0v) is 12.0. The third kappa shape index (κ3) is 2.24. The lowest BCUT2D eigenvalue weighted by molar-refractivity contribution is 0.188. The van der Waals surface area contributed by atoms with E-state index in [-0.39, 0.29) is 5.92 Å². The number of nitrogens with zero attached hydrogens (tertiary/aromatic N) is 1. The van der Waals surface area contributed by atoms with E-state index in [1.54, 1.807) is 0 Å². The summed E-state index contributed by atoms with van der Waals surface area (Å²) in [5.41, 5.74) is 1.90. The van der Waals surface area contributed by atoms with Gasteiger partial charge in [0.05, 0.1) is 43.4 Å². The van der Waals surface area contributed by atoms with Gasteiger partial charge in [-0.2, -0.15) is 0 Å². The minimum atomic E-state index is 0.254. The van der Waals surface area contributed by atoms with Crippen molar-refractivity contribution in [1.82, 2.24) is 15.3 Å². The van der Waals surface area contributed by atoms with Crippen LogP contribution in [0.15, 0.2) is 12.1 Å². The molecule has 2 atom stereocenters. The molecule has 0 spiro atoms. The average molecular weight is 289 g/mol. The molecular formula is C15H19N3O3. The second-order valence-corrected chi connectivity index (χ2v) is 5.53. The number of H-pyrrole nitrogens is 1. The van der Waals surface area contributed by atoms with Gasteiger partial charge in [0.15, 0.2) is 11.5 Å². The number of likely N-dealkylation sites (N-methyl/N-ethyl adjacent to an activating group) is 1. The lowest BCUT2D eigenvalue weighted by Crippen LogP contribution is -2.31. The van der Waals surface area contributed by atoms with Gasteiger partial charge in [-0.05, 0) is 7.05 Å². The van der Waals surface area contributed by atoms with Crippen LogP contribution >= 0.6 is 0 Å². The first-order chi connectivity index (χ1) is 10.3. The number of fused-ring (bicyclic) bond motifs is 2. The zero-order chi connectivity index (χ0) is 14.2. The Morgan fingerprint density at radius 1 is 1.19 bits per heavy atom. The third-order valence-corrected chi connectivity index (χ3v) is 4.17. The molecule has 21 heavy (non-hydrogen) atoms. The second kappa shape index (κ2) is 5.20. The molecule has 2 aromatic rings. The minimum Gasteiger partial charge on any atom is -0.489 e. The second-order valence-electron chi connectivity index (χ2n) is 5.53. The van der Waals surface area contributed by atoms with Crippen molar-refractivity contribution in [2.24, 2.45) is 0 Å². The van der Waals surface area contributed by atoms with Gasteiger partial charge in [0.1, 0.15) is 5.82 Å². The van der Waals surface area contributed by atoms with Crippen LogP contribution in [-0.4, -0.2) is 49.5 Å². The van der Waals surface area contributed by atoms with Gasteiger partial charge in [-0.25, -0.2) is 4.98 Å². The van der Waals surface area contributed by atoms with Gasteiger partial charge >= 0.3 is 0 Å². The first kappa shape index (κ1) is 12.9. The van der Waals surface area contributed by atoms with Crippen molar-refractivity contribution in [3.63, 3.8) is 0 Å². The first-order valence-electron chi connectivity index (χ1n) is 7.39. The Labute approximate surface area is 122 Å². The molecule has 112 valence electrons. The topological polar surface area (TPSA) is 68.4 Å². The normalized spacial score (nSPS) is 25.2. The van der Waals surface area contributed by atoms with Crippen LogP contribution in [0.5, 0.6) is 11.5 Å². The van der Waals surface area contributed by atoms with Crippen LogP contribution in [-0.2, 0) is 4.74 Å².